The van der Waals surface area contributed by atoms with Crippen molar-refractivity contribution in [2.24, 2.45) is 5.92 Å². The van der Waals surface area contributed by atoms with Gasteiger partial charge >= 0.3 is 12.2 Å². The van der Waals surface area contributed by atoms with Crippen LogP contribution in [0.15, 0.2) is 42.5 Å². The highest BCUT2D eigenvalue weighted by atomic mass is 35.5. The molecule has 1 saturated heterocycles. The second kappa shape index (κ2) is 18.1. The van der Waals surface area contributed by atoms with Crippen molar-refractivity contribution < 1.29 is 46.8 Å². The van der Waals surface area contributed by atoms with Crippen LogP contribution in [-0.2, 0) is 28.4 Å². The molecule has 2 N–H and O–H groups in total. The Bertz CT molecular complexity index is 1190. The highest BCUT2D eigenvalue weighted by molar-refractivity contribution is 6.30. The third-order valence-electron chi connectivity index (χ3n) is 6.39. The zero-order chi connectivity index (χ0) is 32.1. The Morgan fingerprint density at radius 1 is 0.909 bits per heavy atom. The Hall–Kier alpha value is -3.03. The van der Waals surface area contributed by atoms with Gasteiger partial charge in [-0.1, -0.05) is 45.7 Å². The van der Waals surface area contributed by atoms with Crippen LogP contribution >= 0.6 is 11.6 Å². The van der Waals surface area contributed by atoms with E-state index in [1.807, 2.05) is 27.7 Å². The van der Waals surface area contributed by atoms with Gasteiger partial charge in [0, 0.05) is 30.0 Å². The lowest BCUT2D eigenvalue weighted by molar-refractivity contribution is -0.316. The Labute approximate surface area is 261 Å². The summed E-state index contributed by atoms with van der Waals surface area (Å²) in [5.41, 5.74) is 0.160. The van der Waals surface area contributed by atoms with Gasteiger partial charge in [-0.3, -0.25) is 10.6 Å². The summed E-state index contributed by atoms with van der Waals surface area (Å²) >= 11 is 5.96. The third-order valence-corrected chi connectivity index (χ3v) is 6.64. The maximum absolute atomic E-state index is 14.1. The lowest BCUT2D eigenvalue weighted by Gasteiger charge is -2.45. The fraction of sp³-hybridized carbons (Fsp3) is 0.548. The van der Waals surface area contributed by atoms with Gasteiger partial charge in [0.15, 0.2) is 12.4 Å². The number of halogens is 3. The van der Waals surface area contributed by atoms with E-state index in [0.29, 0.717) is 43.0 Å². The maximum atomic E-state index is 14.1. The molecule has 0 aromatic heterocycles. The molecule has 0 radical (unpaired) electrons. The van der Waals surface area contributed by atoms with Gasteiger partial charge in [-0.25, -0.2) is 18.4 Å². The summed E-state index contributed by atoms with van der Waals surface area (Å²) in [6.07, 6.45) is -4.31. The SMILES string of the molecule is CCCCO[C@H]1[C@H](OCC(C)C)O[C@H](COC(=O)Nc2ccc(F)cc2F)[C@@H](OC(=O)Nc2ccc(Cl)cc2)[C@@H]1OCCC. The summed E-state index contributed by atoms with van der Waals surface area (Å²) in [6, 6.07) is 9.14. The van der Waals surface area contributed by atoms with Gasteiger partial charge in [-0.15, -0.1) is 0 Å². The molecule has 0 aliphatic carbocycles. The van der Waals surface area contributed by atoms with Crippen molar-refractivity contribution in [2.45, 2.75) is 77.7 Å². The second-order valence-electron chi connectivity index (χ2n) is 10.6. The lowest BCUT2D eigenvalue weighted by Crippen LogP contribution is -2.62. The Morgan fingerprint density at radius 3 is 2.30 bits per heavy atom. The molecular formula is C31H41ClF2N2O8. The predicted molar refractivity (Wildman–Crippen MR) is 161 cm³/mol. The summed E-state index contributed by atoms with van der Waals surface area (Å²) in [6.45, 7) is 8.52. The number of unbranched alkanes of at least 4 members (excludes halogenated alkanes) is 1. The minimum atomic E-state index is -1.12. The van der Waals surface area contributed by atoms with E-state index in [2.05, 4.69) is 10.6 Å². The first-order valence-corrected chi connectivity index (χ1v) is 15.1. The maximum Gasteiger partial charge on any atom is 0.412 e. The van der Waals surface area contributed by atoms with E-state index < -0.39 is 61.1 Å². The van der Waals surface area contributed by atoms with Crippen LogP contribution in [0.25, 0.3) is 0 Å². The molecule has 44 heavy (non-hydrogen) atoms. The van der Waals surface area contributed by atoms with Crippen LogP contribution in [0.4, 0.5) is 29.7 Å². The molecule has 0 bridgehead atoms. The number of hydrogen-bond acceptors (Lipinski definition) is 8. The molecule has 3 rings (SSSR count). The van der Waals surface area contributed by atoms with Crippen molar-refractivity contribution in [1.82, 2.24) is 0 Å². The Morgan fingerprint density at radius 2 is 1.64 bits per heavy atom. The molecule has 0 unspecified atom stereocenters. The van der Waals surface area contributed by atoms with Crippen molar-refractivity contribution in [3.05, 3.63) is 59.1 Å². The molecule has 1 aliphatic heterocycles. The summed E-state index contributed by atoms with van der Waals surface area (Å²) in [5.74, 6) is -1.61. The minimum Gasteiger partial charge on any atom is -0.446 e. The zero-order valence-electron chi connectivity index (χ0n) is 25.4. The van der Waals surface area contributed by atoms with E-state index in [4.69, 9.17) is 40.0 Å². The number of rotatable bonds is 15. The van der Waals surface area contributed by atoms with Crippen molar-refractivity contribution in [3.63, 3.8) is 0 Å². The van der Waals surface area contributed by atoms with Crippen LogP contribution in [0, 0.1) is 17.6 Å². The van der Waals surface area contributed by atoms with Gasteiger partial charge in [0.2, 0.25) is 0 Å². The largest absolute Gasteiger partial charge is 0.446 e. The van der Waals surface area contributed by atoms with Crippen LogP contribution in [-0.4, -0.2) is 69.3 Å². The average molecular weight is 643 g/mol. The van der Waals surface area contributed by atoms with Crippen LogP contribution in [0.3, 0.4) is 0 Å². The number of amides is 2. The summed E-state index contributed by atoms with van der Waals surface area (Å²) in [5, 5.41) is 5.37. The van der Waals surface area contributed by atoms with E-state index in [0.717, 1.165) is 25.0 Å². The van der Waals surface area contributed by atoms with E-state index in [9.17, 15) is 18.4 Å². The fourth-order valence-electron chi connectivity index (χ4n) is 4.26. The Balaban J connectivity index is 1.86. The quantitative estimate of drug-likeness (QED) is 0.197. The van der Waals surface area contributed by atoms with Crippen LogP contribution in [0.5, 0.6) is 0 Å². The molecule has 0 saturated carbocycles. The molecule has 13 heteroatoms. The number of carbonyl (C=O) groups excluding carboxylic acids is 2. The average Bonchev–Trinajstić information content (AvgIpc) is 2.98. The Kier molecular flexibility index (Phi) is 14.6. The monoisotopic (exact) mass is 642 g/mol. The molecular weight excluding hydrogens is 602 g/mol. The highest BCUT2D eigenvalue weighted by Crippen LogP contribution is 2.31. The van der Waals surface area contributed by atoms with Crippen molar-refractivity contribution in [1.29, 1.82) is 0 Å². The van der Waals surface area contributed by atoms with Gasteiger partial charge in [0.05, 0.1) is 12.3 Å². The van der Waals surface area contributed by atoms with Gasteiger partial charge in [-0.2, -0.15) is 0 Å². The van der Waals surface area contributed by atoms with E-state index in [-0.39, 0.29) is 11.6 Å². The first kappa shape index (κ1) is 35.4. The lowest BCUT2D eigenvalue weighted by atomic mass is 9.98. The zero-order valence-corrected chi connectivity index (χ0v) is 26.1. The molecule has 2 aromatic rings. The molecule has 10 nitrogen and oxygen atoms in total. The van der Waals surface area contributed by atoms with Crippen LogP contribution < -0.4 is 10.6 Å². The standard InChI is InChI=1S/C31H41ClF2N2O8/c1-5-7-15-40-28-27(39-14-6-2)26(44-31(38)35-22-11-8-20(32)9-12-22)25(43-29(28)41-17-19(3)4)18-42-30(37)36-24-13-10-21(33)16-23(24)34/h8-13,16,19,25-29H,5-7,14-15,17-18H2,1-4H3,(H,35,38)(H,36,37)/t25-,26-,27+,28-,29-/m1/s1. The van der Waals surface area contributed by atoms with Crippen molar-refractivity contribution in [2.75, 3.05) is 37.1 Å². The number of nitrogens with one attached hydrogen (secondary N) is 2. The number of anilines is 2. The normalized spacial score (nSPS) is 21.6. The van der Waals surface area contributed by atoms with Crippen molar-refractivity contribution >= 4 is 35.2 Å². The van der Waals surface area contributed by atoms with Crippen molar-refractivity contribution in [3.8, 4) is 0 Å². The topological polar surface area (TPSA) is 114 Å². The summed E-state index contributed by atoms with van der Waals surface area (Å²) in [4.78, 5) is 25.7. The van der Waals surface area contributed by atoms with Gasteiger partial charge in [0.25, 0.3) is 0 Å². The third kappa shape index (κ3) is 11.2. The summed E-state index contributed by atoms with van der Waals surface area (Å²) in [7, 11) is 0. The first-order chi connectivity index (χ1) is 21.1. The van der Waals surface area contributed by atoms with Crippen LogP contribution in [0.2, 0.25) is 5.02 Å². The molecule has 2 amide bonds. The van der Waals surface area contributed by atoms with Gasteiger partial charge in [-0.05, 0) is 55.2 Å². The predicted octanol–water partition coefficient (Wildman–Crippen LogP) is 7.16. The van der Waals surface area contributed by atoms with E-state index in [1.165, 1.54) is 0 Å². The van der Waals surface area contributed by atoms with Crippen LogP contribution in [0.1, 0.15) is 47.0 Å². The molecule has 1 fully saturated rings. The highest BCUT2D eigenvalue weighted by Gasteiger charge is 2.50. The first-order valence-electron chi connectivity index (χ1n) is 14.7. The molecule has 1 heterocycles. The van der Waals surface area contributed by atoms with Gasteiger partial charge < -0.3 is 28.4 Å². The van der Waals surface area contributed by atoms with E-state index in [1.54, 1.807) is 24.3 Å². The number of hydrogen-bond donors (Lipinski definition) is 2. The van der Waals surface area contributed by atoms with Gasteiger partial charge in [0.1, 0.15) is 36.6 Å². The number of carbonyl (C=O) groups is 2. The molecule has 2 aromatic carbocycles. The summed E-state index contributed by atoms with van der Waals surface area (Å²) < 4.78 is 63.3. The fourth-order valence-corrected chi connectivity index (χ4v) is 4.38. The molecule has 5 atom stereocenters. The van der Waals surface area contributed by atoms with E-state index >= 15 is 0 Å². The molecule has 0 spiro atoms. The molecule has 244 valence electrons. The second-order valence-corrected chi connectivity index (χ2v) is 11.1. The number of benzene rings is 2. The minimum absolute atomic E-state index is 0.162. The smallest absolute Gasteiger partial charge is 0.412 e. The number of ether oxygens (including phenoxy) is 6. The molecule has 1 aliphatic rings.